The zero-order chi connectivity index (χ0) is 18.4. The maximum atomic E-state index is 10.9. The van der Waals surface area contributed by atoms with Crippen molar-refractivity contribution in [3.63, 3.8) is 0 Å². The largest absolute Gasteiger partial charge is 0.496 e. The third kappa shape index (κ3) is 2.50. The van der Waals surface area contributed by atoms with Crippen molar-refractivity contribution in [1.29, 1.82) is 0 Å². The lowest BCUT2D eigenvalue weighted by Crippen LogP contribution is -2.35. The molecule has 0 aliphatic carbocycles. The molecule has 4 rings (SSSR count). The maximum absolute atomic E-state index is 10.9. The van der Waals surface area contributed by atoms with Gasteiger partial charge in [0.25, 0.3) is 0 Å². The van der Waals surface area contributed by atoms with Crippen molar-refractivity contribution in [2.45, 2.75) is 26.5 Å². The predicted octanol–water partition coefficient (Wildman–Crippen LogP) is 3.38. The monoisotopic (exact) mass is 371 g/mol. The molecule has 136 valence electrons. The minimum Gasteiger partial charge on any atom is -0.496 e. The molecule has 1 N–H and O–H groups in total. The summed E-state index contributed by atoms with van der Waals surface area (Å²) in [6.07, 6.45) is 0.909. The Labute approximate surface area is 156 Å². The normalized spacial score (nSPS) is 16.7. The summed E-state index contributed by atoms with van der Waals surface area (Å²) in [4.78, 5) is 13.3. The Hall–Kier alpha value is -2.38. The average Bonchev–Trinajstić information content (AvgIpc) is 2.94. The first-order valence-corrected chi connectivity index (χ1v) is 9.24. The molecule has 0 saturated heterocycles. The molecule has 0 spiro atoms. The highest BCUT2D eigenvalue weighted by atomic mass is 32.1. The van der Waals surface area contributed by atoms with Crippen LogP contribution in [0.15, 0.2) is 18.5 Å². The van der Waals surface area contributed by atoms with Crippen LogP contribution < -0.4 is 14.4 Å². The Bertz CT molecular complexity index is 986. The van der Waals surface area contributed by atoms with Crippen LogP contribution in [0.2, 0.25) is 0 Å². The number of hydrogen-bond donors (Lipinski definition) is 1. The zero-order valence-corrected chi connectivity index (χ0v) is 16.1. The summed E-state index contributed by atoms with van der Waals surface area (Å²) in [5.41, 5.74) is 2.92. The summed E-state index contributed by atoms with van der Waals surface area (Å²) in [7, 11) is 3.26. The zero-order valence-electron chi connectivity index (χ0n) is 15.2. The van der Waals surface area contributed by atoms with Crippen LogP contribution in [0.5, 0.6) is 11.5 Å². The highest BCUT2D eigenvalue weighted by Gasteiger charge is 2.31. The molecule has 6 nitrogen and oxygen atoms in total. The second-order valence-corrected chi connectivity index (χ2v) is 7.62. The SMILES string of the molecule is COc1ccc(OC)c2c1CN(c1ncnc3sc(C)c(C)c13)CC2O. The van der Waals surface area contributed by atoms with Gasteiger partial charge in [-0.2, -0.15) is 0 Å². The van der Waals surface area contributed by atoms with E-state index in [0.717, 1.165) is 32.9 Å². The lowest BCUT2D eigenvalue weighted by Gasteiger charge is -2.35. The van der Waals surface area contributed by atoms with Crippen molar-refractivity contribution in [3.05, 3.63) is 40.0 Å². The van der Waals surface area contributed by atoms with Crippen molar-refractivity contribution >= 4 is 27.4 Å². The van der Waals surface area contributed by atoms with Gasteiger partial charge in [0, 0.05) is 22.5 Å². The number of benzene rings is 1. The molecule has 1 atom stereocenters. The number of fused-ring (bicyclic) bond motifs is 2. The number of β-amino-alcohol motifs (C(OH)–C–C–N with tert-alkyl or cyclic N) is 1. The molecular formula is C19H21N3O3S. The third-order valence-corrected chi connectivity index (χ3v) is 6.15. The second-order valence-electron chi connectivity index (χ2n) is 6.42. The molecular weight excluding hydrogens is 350 g/mol. The van der Waals surface area contributed by atoms with Crippen molar-refractivity contribution in [1.82, 2.24) is 9.97 Å². The number of aliphatic hydroxyl groups excluding tert-OH is 1. The Morgan fingerprint density at radius 3 is 2.62 bits per heavy atom. The molecule has 1 unspecified atom stereocenters. The van der Waals surface area contributed by atoms with E-state index in [-0.39, 0.29) is 0 Å². The minimum atomic E-state index is -0.686. The van der Waals surface area contributed by atoms with Crippen LogP contribution >= 0.6 is 11.3 Å². The van der Waals surface area contributed by atoms with Gasteiger partial charge in [0.15, 0.2) is 0 Å². The fraction of sp³-hybridized carbons (Fsp3) is 0.368. The summed E-state index contributed by atoms with van der Waals surface area (Å²) in [6, 6.07) is 3.72. The summed E-state index contributed by atoms with van der Waals surface area (Å²) in [5, 5.41) is 11.9. The van der Waals surface area contributed by atoms with E-state index in [4.69, 9.17) is 9.47 Å². The molecule has 3 aromatic rings. The van der Waals surface area contributed by atoms with E-state index in [9.17, 15) is 5.11 Å². The van der Waals surface area contributed by atoms with Gasteiger partial charge < -0.3 is 19.5 Å². The van der Waals surface area contributed by atoms with E-state index in [1.165, 1.54) is 10.4 Å². The van der Waals surface area contributed by atoms with E-state index in [0.29, 0.717) is 18.8 Å². The first kappa shape index (κ1) is 17.1. The Kier molecular flexibility index (Phi) is 4.20. The first-order chi connectivity index (χ1) is 12.5. The van der Waals surface area contributed by atoms with Crippen LogP contribution in [0.4, 0.5) is 5.82 Å². The molecule has 0 bridgehead atoms. The van der Waals surface area contributed by atoms with Gasteiger partial charge in [0.05, 0.1) is 26.2 Å². The van der Waals surface area contributed by atoms with Crippen molar-refractivity contribution < 1.29 is 14.6 Å². The van der Waals surface area contributed by atoms with Crippen LogP contribution in [0.3, 0.4) is 0 Å². The molecule has 7 heteroatoms. The van der Waals surface area contributed by atoms with Crippen LogP contribution in [-0.2, 0) is 6.54 Å². The lowest BCUT2D eigenvalue weighted by molar-refractivity contribution is 0.169. The van der Waals surface area contributed by atoms with Crippen LogP contribution in [0.1, 0.15) is 27.7 Å². The van der Waals surface area contributed by atoms with Gasteiger partial charge in [-0.25, -0.2) is 9.97 Å². The molecule has 3 heterocycles. The molecule has 1 aliphatic heterocycles. The molecule has 0 fully saturated rings. The van der Waals surface area contributed by atoms with E-state index in [1.807, 2.05) is 12.1 Å². The van der Waals surface area contributed by atoms with Crippen molar-refractivity contribution in [2.24, 2.45) is 0 Å². The fourth-order valence-corrected chi connectivity index (χ4v) is 4.63. The summed E-state index contributed by atoms with van der Waals surface area (Å²) < 4.78 is 11.0. The van der Waals surface area contributed by atoms with Crippen LogP contribution in [0, 0.1) is 13.8 Å². The van der Waals surface area contributed by atoms with Gasteiger partial charge in [-0.1, -0.05) is 0 Å². The molecule has 0 radical (unpaired) electrons. The van der Waals surface area contributed by atoms with E-state index >= 15 is 0 Å². The second kappa shape index (κ2) is 6.41. The summed E-state index contributed by atoms with van der Waals surface area (Å²) in [6.45, 7) is 5.23. The number of nitrogens with zero attached hydrogens (tertiary/aromatic N) is 3. The highest BCUT2D eigenvalue weighted by molar-refractivity contribution is 7.18. The van der Waals surface area contributed by atoms with Gasteiger partial charge in [0.2, 0.25) is 0 Å². The van der Waals surface area contributed by atoms with Gasteiger partial charge >= 0.3 is 0 Å². The quantitative estimate of drug-likeness (QED) is 0.761. The van der Waals surface area contributed by atoms with Crippen molar-refractivity contribution in [3.8, 4) is 11.5 Å². The first-order valence-electron chi connectivity index (χ1n) is 8.42. The van der Waals surface area contributed by atoms with Crippen LogP contribution in [-0.4, -0.2) is 35.8 Å². The van der Waals surface area contributed by atoms with E-state index in [2.05, 4.69) is 28.7 Å². The van der Waals surface area contributed by atoms with Gasteiger partial charge in [-0.05, 0) is 31.5 Å². The number of methoxy groups -OCH3 is 2. The van der Waals surface area contributed by atoms with Crippen molar-refractivity contribution in [2.75, 3.05) is 25.7 Å². The number of aliphatic hydroxyl groups is 1. The summed E-state index contributed by atoms with van der Waals surface area (Å²) >= 11 is 1.67. The van der Waals surface area contributed by atoms with Gasteiger partial charge in [-0.15, -0.1) is 11.3 Å². The lowest BCUT2D eigenvalue weighted by atomic mass is 9.95. The fourth-order valence-electron chi connectivity index (χ4n) is 3.64. The number of aryl methyl sites for hydroxylation is 2. The topological polar surface area (TPSA) is 67.7 Å². The molecule has 0 amide bonds. The molecule has 1 aliphatic rings. The number of thiophene rings is 1. The van der Waals surface area contributed by atoms with E-state index < -0.39 is 6.10 Å². The smallest absolute Gasteiger partial charge is 0.141 e. The third-order valence-electron chi connectivity index (χ3n) is 5.03. The number of aromatic nitrogens is 2. The number of rotatable bonds is 3. The Morgan fingerprint density at radius 2 is 1.88 bits per heavy atom. The van der Waals surface area contributed by atoms with Gasteiger partial charge in [-0.3, -0.25) is 0 Å². The minimum absolute atomic E-state index is 0.441. The maximum Gasteiger partial charge on any atom is 0.141 e. The molecule has 1 aromatic carbocycles. The predicted molar refractivity (Wildman–Crippen MR) is 102 cm³/mol. The van der Waals surface area contributed by atoms with E-state index in [1.54, 1.807) is 31.9 Å². The standard InChI is InChI=1S/C19H21N3O3S/c1-10-11(2)26-19-16(10)18(20-9-21-19)22-7-12-14(24-3)5-6-15(25-4)17(12)13(23)8-22/h5-6,9,13,23H,7-8H2,1-4H3. The number of hydrogen-bond acceptors (Lipinski definition) is 7. The Balaban J connectivity index is 1.86. The highest BCUT2D eigenvalue weighted by Crippen LogP contribution is 2.42. The molecule has 2 aromatic heterocycles. The Morgan fingerprint density at radius 1 is 1.15 bits per heavy atom. The van der Waals surface area contributed by atoms with Crippen LogP contribution in [0.25, 0.3) is 10.2 Å². The summed E-state index contributed by atoms with van der Waals surface area (Å²) in [5.74, 6) is 2.28. The molecule has 0 saturated carbocycles. The number of anilines is 1. The molecule has 26 heavy (non-hydrogen) atoms. The number of ether oxygens (including phenoxy) is 2. The average molecular weight is 371 g/mol. The van der Waals surface area contributed by atoms with Gasteiger partial charge in [0.1, 0.15) is 34.6 Å².